The third-order valence-electron chi connectivity index (χ3n) is 0.903. The molecular formula is C3H3Na5O10P2. The molecule has 10 nitrogen and oxygen atoms in total. The Hall–Kier alpha value is 4.69. The number of carbonyl (C=O) groups excluding carboxylic acids is 1. The molecule has 17 heteroatoms. The largest absolute Gasteiger partial charge is 1.00 e. The van der Waals surface area contributed by atoms with Crippen LogP contribution in [0.15, 0.2) is 0 Å². The summed E-state index contributed by atoms with van der Waals surface area (Å²) in [7, 11) is -11.1. The number of rotatable bonds is 6. The van der Waals surface area contributed by atoms with Crippen LogP contribution in [0.1, 0.15) is 0 Å². The maximum Gasteiger partial charge on any atom is 1.00 e. The van der Waals surface area contributed by atoms with Gasteiger partial charge in [-0.05, 0) is 0 Å². The number of carboxylic acid groups (broad SMARTS) is 1. The first-order chi connectivity index (χ1) is 6.51. The summed E-state index contributed by atoms with van der Waals surface area (Å²) < 4.78 is 26.6. The standard InChI is InChI=1S/C3H8O10P2.5Na/c4-3(5)2(13-15(9,10)11)1-12-14(6,7)8;;;;;/h2H,1H2,(H,4,5)(H2,6,7,8)(H2,9,10,11);;;;;/q;5*+1/p-5/t2-;;;;;/m0...../s1. The first-order valence-corrected chi connectivity index (χ1v) is 6.01. The number of hydrogen-bond donors (Lipinski definition) is 0. The van der Waals surface area contributed by atoms with Crippen LogP contribution in [0.5, 0.6) is 0 Å². The minimum Gasteiger partial charge on any atom is -0.790 e. The third kappa shape index (κ3) is 27.5. The summed E-state index contributed by atoms with van der Waals surface area (Å²) in [5.41, 5.74) is 0. The van der Waals surface area contributed by atoms with Gasteiger partial charge < -0.3 is 47.7 Å². The van der Waals surface area contributed by atoms with Crippen LogP contribution in [-0.4, -0.2) is 18.7 Å². The summed E-state index contributed by atoms with van der Waals surface area (Å²) in [4.78, 5) is 49.7. The van der Waals surface area contributed by atoms with Crippen LogP contribution in [0.25, 0.3) is 0 Å². The van der Waals surface area contributed by atoms with Crippen molar-refractivity contribution in [2.45, 2.75) is 6.10 Å². The normalized spacial score (nSPS) is 11.2. The van der Waals surface area contributed by atoms with Crippen molar-refractivity contribution in [3.05, 3.63) is 0 Å². The van der Waals surface area contributed by atoms with Gasteiger partial charge in [0.2, 0.25) is 0 Å². The van der Waals surface area contributed by atoms with E-state index in [1.54, 1.807) is 0 Å². The van der Waals surface area contributed by atoms with Gasteiger partial charge in [0.05, 0.1) is 28.2 Å². The van der Waals surface area contributed by atoms with Crippen molar-refractivity contribution in [1.29, 1.82) is 0 Å². The summed E-state index contributed by atoms with van der Waals surface area (Å²) in [6.45, 7) is -1.46. The van der Waals surface area contributed by atoms with Crippen molar-refractivity contribution in [3.63, 3.8) is 0 Å². The van der Waals surface area contributed by atoms with Crippen LogP contribution in [0.3, 0.4) is 0 Å². The number of aliphatic carboxylic acids is 1. The number of hydrogen-bond acceptors (Lipinski definition) is 10. The molecule has 0 aromatic heterocycles. The molecule has 0 fully saturated rings. The molecule has 0 aliphatic carbocycles. The third-order valence-corrected chi connectivity index (χ3v) is 1.88. The molecule has 0 rings (SSSR count). The van der Waals surface area contributed by atoms with Gasteiger partial charge in [-0.3, -0.25) is 0 Å². The average molecular weight is 376 g/mol. The average Bonchev–Trinajstić information content (AvgIpc) is 1.93. The minimum absolute atomic E-state index is 0. The predicted octanol–water partition coefficient (Wildman–Crippen LogP) is -20.2. The smallest absolute Gasteiger partial charge is 0.790 e. The second kappa shape index (κ2) is 18.5. The van der Waals surface area contributed by atoms with E-state index >= 15 is 0 Å². The molecule has 0 unspecified atom stereocenters. The fraction of sp³-hybridized carbons (Fsp3) is 0.667. The molecular weight excluding hydrogens is 373 g/mol. The molecule has 90 valence electrons. The zero-order chi connectivity index (χ0) is 12.3. The van der Waals surface area contributed by atoms with Crippen molar-refractivity contribution in [2.75, 3.05) is 6.61 Å². The summed E-state index contributed by atoms with van der Waals surface area (Å²) in [5, 5.41) is 10.1. The second-order valence-corrected chi connectivity index (χ2v) is 4.36. The van der Waals surface area contributed by atoms with Crippen molar-refractivity contribution < 1.29 is 195 Å². The van der Waals surface area contributed by atoms with Gasteiger partial charge in [-0.25, -0.2) is 0 Å². The van der Waals surface area contributed by atoms with E-state index in [0.717, 1.165) is 0 Å². The Bertz CT molecular complexity index is 327. The molecule has 0 spiro atoms. The topological polar surface area (TPSA) is 185 Å². The summed E-state index contributed by atoms with van der Waals surface area (Å²) in [6.07, 6.45) is -2.48. The Morgan fingerprint density at radius 3 is 1.45 bits per heavy atom. The molecule has 0 radical (unpaired) electrons. The zero-order valence-electron chi connectivity index (χ0n) is 11.8. The van der Waals surface area contributed by atoms with E-state index in [2.05, 4.69) is 9.05 Å². The monoisotopic (exact) mass is 376 g/mol. The van der Waals surface area contributed by atoms with Crippen molar-refractivity contribution in [1.82, 2.24) is 0 Å². The maximum absolute atomic E-state index is 10.1. The molecule has 0 aromatic rings. The first-order valence-electron chi connectivity index (χ1n) is 3.09. The van der Waals surface area contributed by atoms with Crippen LogP contribution in [0.2, 0.25) is 0 Å². The van der Waals surface area contributed by atoms with Gasteiger partial charge in [-0.15, -0.1) is 0 Å². The van der Waals surface area contributed by atoms with Gasteiger partial charge in [-0.2, -0.15) is 0 Å². The molecule has 0 heterocycles. The zero-order valence-corrected chi connectivity index (χ0v) is 23.6. The Labute approximate surface area is 225 Å². The van der Waals surface area contributed by atoms with Gasteiger partial charge in [0.1, 0.15) is 6.10 Å². The number of phosphoric acid groups is 2. The van der Waals surface area contributed by atoms with E-state index in [-0.39, 0.29) is 148 Å². The SMILES string of the molecule is O=C([O-])[C@H](COP(=O)([O-])[O-])OP(=O)([O-])[O-].[Na+].[Na+].[Na+].[Na+].[Na+]. The quantitative estimate of drug-likeness (QED) is 0.318. The van der Waals surface area contributed by atoms with E-state index in [0.29, 0.717) is 0 Å². The molecule has 0 aliphatic rings. The molecule has 0 N–H and O–H groups in total. The Kier molecular flexibility index (Phi) is 36.7. The molecule has 0 aliphatic heterocycles. The van der Waals surface area contributed by atoms with E-state index in [1.807, 2.05) is 0 Å². The van der Waals surface area contributed by atoms with Crippen molar-refractivity contribution in [3.8, 4) is 0 Å². The summed E-state index contributed by atoms with van der Waals surface area (Å²) in [5.74, 6) is -2.21. The number of carbonyl (C=O) groups is 1. The van der Waals surface area contributed by atoms with Gasteiger partial charge in [0.25, 0.3) is 0 Å². The van der Waals surface area contributed by atoms with Crippen molar-refractivity contribution in [2.24, 2.45) is 0 Å². The van der Waals surface area contributed by atoms with Crippen LogP contribution in [0.4, 0.5) is 0 Å². The predicted molar refractivity (Wildman–Crippen MR) is 31.0 cm³/mol. The van der Waals surface area contributed by atoms with Crippen LogP contribution in [0, 0.1) is 0 Å². The van der Waals surface area contributed by atoms with E-state index < -0.39 is 34.3 Å². The van der Waals surface area contributed by atoms with E-state index in [4.69, 9.17) is 0 Å². The minimum atomic E-state index is -5.65. The fourth-order valence-corrected chi connectivity index (χ4v) is 1.23. The van der Waals surface area contributed by atoms with E-state index in [9.17, 15) is 38.6 Å². The second-order valence-electron chi connectivity index (χ2n) is 2.10. The first kappa shape index (κ1) is 39.7. The molecule has 0 aromatic carbocycles. The van der Waals surface area contributed by atoms with Gasteiger partial charge in [0, 0.05) is 0 Å². The van der Waals surface area contributed by atoms with Gasteiger partial charge in [0.15, 0.2) is 0 Å². The van der Waals surface area contributed by atoms with Gasteiger partial charge >= 0.3 is 148 Å². The molecule has 0 amide bonds. The van der Waals surface area contributed by atoms with Crippen LogP contribution < -0.4 is 172 Å². The summed E-state index contributed by atoms with van der Waals surface area (Å²) in [6, 6.07) is 0. The van der Waals surface area contributed by atoms with Crippen molar-refractivity contribution >= 4 is 21.6 Å². The number of carboxylic acids is 1. The fourth-order valence-electron chi connectivity index (χ4n) is 0.456. The van der Waals surface area contributed by atoms with Crippen LogP contribution >= 0.6 is 15.6 Å². The molecule has 0 bridgehead atoms. The van der Waals surface area contributed by atoms with Gasteiger partial charge in [-0.1, -0.05) is 0 Å². The molecule has 1 atom stereocenters. The van der Waals surface area contributed by atoms with Crippen LogP contribution in [-0.2, 0) is 23.0 Å². The Balaban J connectivity index is -0.0000000980. The Morgan fingerprint density at radius 1 is 0.900 bits per heavy atom. The Morgan fingerprint density at radius 2 is 1.25 bits per heavy atom. The molecule has 20 heavy (non-hydrogen) atoms. The van der Waals surface area contributed by atoms with E-state index in [1.165, 1.54) is 0 Å². The molecule has 0 saturated carbocycles. The summed E-state index contributed by atoms with van der Waals surface area (Å²) >= 11 is 0. The molecule has 0 saturated heterocycles. The maximum atomic E-state index is 10.1. The number of phosphoric ester groups is 2.